The fraction of sp³-hybridized carbons (Fsp3) is 0.500. The van der Waals surface area contributed by atoms with Crippen LogP contribution in [0.15, 0.2) is 40.6 Å². The molecule has 0 fully saturated rings. The Hall–Kier alpha value is -1.26. The van der Waals surface area contributed by atoms with Gasteiger partial charge in [-0.1, -0.05) is 18.2 Å². The summed E-state index contributed by atoms with van der Waals surface area (Å²) in [7, 11) is 3.22. The maximum absolute atomic E-state index is 5.33. The van der Waals surface area contributed by atoms with Crippen molar-refractivity contribution in [2.75, 3.05) is 14.2 Å². The van der Waals surface area contributed by atoms with Crippen LogP contribution in [-0.4, -0.2) is 26.0 Å². The van der Waals surface area contributed by atoms with E-state index in [0.29, 0.717) is 0 Å². The second-order valence-electron chi connectivity index (χ2n) is 3.67. The number of hydrogen-bond donors (Lipinski definition) is 0. The lowest BCUT2D eigenvalue weighted by molar-refractivity contribution is -0.0960. The number of azo groups is 1. The van der Waals surface area contributed by atoms with E-state index in [1.807, 2.05) is 44.2 Å². The zero-order chi connectivity index (χ0) is 12.0. The van der Waals surface area contributed by atoms with Crippen molar-refractivity contribution < 1.29 is 9.47 Å². The lowest BCUT2D eigenvalue weighted by Gasteiger charge is -2.27. The second kappa shape index (κ2) is 5.72. The normalized spacial score (nSPS) is 17.2. The number of benzene rings is 1. The third-order valence-electron chi connectivity index (χ3n) is 2.64. The van der Waals surface area contributed by atoms with Gasteiger partial charge >= 0.3 is 0 Å². The predicted molar refractivity (Wildman–Crippen MR) is 62.8 cm³/mol. The molecule has 0 spiro atoms. The van der Waals surface area contributed by atoms with Gasteiger partial charge in [-0.2, -0.15) is 10.2 Å². The molecule has 0 heterocycles. The Morgan fingerprint density at radius 3 is 2.31 bits per heavy atom. The smallest absolute Gasteiger partial charge is 0.202 e. The van der Waals surface area contributed by atoms with Gasteiger partial charge in [0.2, 0.25) is 5.72 Å². The molecule has 0 saturated carbocycles. The van der Waals surface area contributed by atoms with Crippen molar-refractivity contribution in [1.29, 1.82) is 0 Å². The molecular formula is C12H18N2O2. The fourth-order valence-electron chi connectivity index (χ4n) is 1.16. The van der Waals surface area contributed by atoms with E-state index in [9.17, 15) is 0 Å². The molecule has 2 atom stereocenters. The minimum atomic E-state index is -0.759. The maximum Gasteiger partial charge on any atom is 0.202 e. The SMILES string of the molecule is COC(C)C(C)(N=Nc1ccccc1)OC. The highest BCUT2D eigenvalue weighted by Crippen LogP contribution is 2.22. The highest BCUT2D eigenvalue weighted by molar-refractivity contribution is 5.34. The summed E-state index contributed by atoms with van der Waals surface area (Å²) in [6, 6.07) is 9.54. The topological polar surface area (TPSA) is 43.2 Å². The first kappa shape index (κ1) is 12.8. The van der Waals surface area contributed by atoms with Crippen molar-refractivity contribution in [3.8, 4) is 0 Å². The molecule has 0 saturated heterocycles. The van der Waals surface area contributed by atoms with Crippen LogP contribution in [0.3, 0.4) is 0 Å². The minimum Gasteiger partial charge on any atom is -0.377 e. The van der Waals surface area contributed by atoms with Crippen LogP contribution < -0.4 is 0 Å². The first-order chi connectivity index (χ1) is 7.62. The van der Waals surface area contributed by atoms with Gasteiger partial charge < -0.3 is 9.47 Å². The Bertz CT molecular complexity index is 340. The summed E-state index contributed by atoms with van der Waals surface area (Å²) in [4.78, 5) is 0. The number of rotatable bonds is 5. The van der Waals surface area contributed by atoms with Crippen molar-refractivity contribution >= 4 is 5.69 Å². The van der Waals surface area contributed by atoms with E-state index in [4.69, 9.17) is 9.47 Å². The quantitative estimate of drug-likeness (QED) is 0.718. The van der Waals surface area contributed by atoms with Crippen molar-refractivity contribution in [2.24, 2.45) is 10.2 Å². The van der Waals surface area contributed by atoms with Gasteiger partial charge in [0.1, 0.15) is 6.10 Å². The standard InChI is InChI=1S/C12H18N2O2/c1-10(15-3)12(2,16-4)14-13-11-8-6-5-7-9-11/h5-10H,1-4H3. The Labute approximate surface area is 96.3 Å². The van der Waals surface area contributed by atoms with Crippen LogP contribution in [0.2, 0.25) is 0 Å². The summed E-state index contributed by atoms with van der Waals surface area (Å²) in [5, 5.41) is 8.33. The minimum absolute atomic E-state index is 0.162. The fourth-order valence-corrected chi connectivity index (χ4v) is 1.16. The van der Waals surface area contributed by atoms with Gasteiger partial charge in [-0.05, 0) is 26.0 Å². The molecule has 4 nitrogen and oxygen atoms in total. The average Bonchev–Trinajstić information content (AvgIpc) is 2.36. The van der Waals surface area contributed by atoms with E-state index >= 15 is 0 Å². The molecular weight excluding hydrogens is 204 g/mol. The van der Waals surface area contributed by atoms with E-state index in [-0.39, 0.29) is 6.10 Å². The second-order valence-corrected chi connectivity index (χ2v) is 3.67. The molecule has 1 aromatic carbocycles. The lowest BCUT2D eigenvalue weighted by atomic mass is 10.1. The van der Waals surface area contributed by atoms with E-state index in [1.165, 1.54) is 0 Å². The van der Waals surface area contributed by atoms with E-state index < -0.39 is 5.72 Å². The van der Waals surface area contributed by atoms with Gasteiger partial charge in [0.05, 0.1) is 5.69 Å². The number of ether oxygens (including phenoxy) is 2. The van der Waals surface area contributed by atoms with Crippen molar-refractivity contribution in [2.45, 2.75) is 25.7 Å². The van der Waals surface area contributed by atoms with Crippen LogP contribution in [0.25, 0.3) is 0 Å². The molecule has 88 valence electrons. The summed E-state index contributed by atoms with van der Waals surface area (Å²) >= 11 is 0. The highest BCUT2D eigenvalue weighted by Gasteiger charge is 2.31. The zero-order valence-electron chi connectivity index (χ0n) is 10.2. The third kappa shape index (κ3) is 3.12. The van der Waals surface area contributed by atoms with Gasteiger partial charge in [0.25, 0.3) is 0 Å². The third-order valence-corrected chi connectivity index (χ3v) is 2.64. The van der Waals surface area contributed by atoms with E-state index in [1.54, 1.807) is 14.2 Å². The summed E-state index contributed by atoms with van der Waals surface area (Å²) < 4.78 is 10.5. The average molecular weight is 222 g/mol. The summed E-state index contributed by atoms with van der Waals surface area (Å²) in [6.45, 7) is 3.74. The van der Waals surface area contributed by atoms with Gasteiger partial charge in [-0.15, -0.1) is 0 Å². The largest absolute Gasteiger partial charge is 0.377 e. The van der Waals surface area contributed by atoms with Crippen molar-refractivity contribution in [1.82, 2.24) is 0 Å². The lowest BCUT2D eigenvalue weighted by Crippen LogP contribution is -2.38. The molecule has 1 rings (SSSR count). The monoisotopic (exact) mass is 222 g/mol. The van der Waals surface area contributed by atoms with Crippen LogP contribution in [-0.2, 0) is 9.47 Å². The molecule has 16 heavy (non-hydrogen) atoms. The van der Waals surface area contributed by atoms with Gasteiger partial charge in [-0.25, -0.2) is 0 Å². The molecule has 4 heteroatoms. The molecule has 0 amide bonds. The molecule has 0 aliphatic heterocycles. The Morgan fingerprint density at radius 1 is 1.19 bits per heavy atom. The molecule has 0 aliphatic carbocycles. The molecule has 0 radical (unpaired) electrons. The maximum atomic E-state index is 5.33. The van der Waals surface area contributed by atoms with E-state index in [2.05, 4.69) is 10.2 Å². The molecule has 1 aromatic rings. The van der Waals surface area contributed by atoms with Gasteiger partial charge in [-0.3, -0.25) is 0 Å². The van der Waals surface area contributed by atoms with Crippen LogP contribution in [0.5, 0.6) is 0 Å². The molecule has 0 N–H and O–H groups in total. The molecule has 0 aromatic heterocycles. The Kier molecular flexibility index (Phi) is 4.58. The highest BCUT2D eigenvalue weighted by atomic mass is 16.5. The first-order valence-electron chi connectivity index (χ1n) is 5.18. The van der Waals surface area contributed by atoms with Crippen molar-refractivity contribution in [3.05, 3.63) is 30.3 Å². The van der Waals surface area contributed by atoms with Crippen LogP contribution in [0.4, 0.5) is 5.69 Å². The Balaban J connectivity index is 2.81. The predicted octanol–water partition coefficient (Wildman–Crippen LogP) is 3.17. The summed E-state index contributed by atoms with van der Waals surface area (Å²) in [6.07, 6.45) is -0.162. The van der Waals surface area contributed by atoms with Crippen LogP contribution >= 0.6 is 0 Å². The van der Waals surface area contributed by atoms with Crippen LogP contribution in [0, 0.1) is 0 Å². The first-order valence-corrected chi connectivity index (χ1v) is 5.18. The number of nitrogens with zero attached hydrogens (tertiary/aromatic N) is 2. The van der Waals surface area contributed by atoms with Crippen LogP contribution in [0.1, 0.15) is 13.8 Å². The summed E-state index contributed by atoms with van der Waals surface area (Å²) in [5.74, 6) is 0. The van der Waals surface area contributed by atoms with Crippen molar-refractivity contribution in [3.63, 3.8) is 0 Å². The molecule has 0 aliphatic rings. The number of hydrogen-bond acceptors (Lipinski definition) is 4. The Morgan fingerprint density at radius 2 is 1.81 bits per heavy atom. The zero-order valence-corrected chi connectivity index (χ0v) is 10.2. The van der Waals surface area contributed by atoms with E-state index in [0.717, 1.165) is 5.69 Å². The number of methoxy groups -OCH3 is 2. The van der Waals surface area contributed by atoms with Gasteiger partial charge in [0, 0.05) is 14.2 Å². The molecule has 0 bridgehead atoms. The molecule has 2 unspecified atom stereocenters. The van der Waals surface area contributed by atoms with Gasteiger partial charge in [0.15, 0.2) is 0 Å². The summed E-state index contributed by atoms with van der Waals surface area (Å²) in [5.41, 5.74) is 0.0407.